The summed E-state index contributed by atoms with van der Waals surface area (Å²) in [5.41, 5.74) is 0.716. The van der Waals surface area contributed by atoms with E-state index in [4.69, 9.17) is 4.74 Å². The van der Waals surface area contributed by atoms with Gasteiger partial charge in [-0.2, -0.15) is 0 Å². The third kappa shape index (κ3) is 2.27. The van der Waals surface area contributed by atoms with Crippen LogP contribution < -0.4 is 0 Å². The second-order valence-corrected chi connectivity index (χ2v) is 7.11. The third-order valence-corrected chi connectivity index (χ3v) is 5.99. The Morgan fingerprint density at radius 2 is 2.00 bits per heavy atom. The molecular weight excluding hydrogens is 282 g/mol. The van der Waals surface area contributed by atoms with Crippen molar-refractivity contribution in [2.45, 2.75) is 43.9 Å². The number of carbonyl (C=O) groups excluding carboxylic acids is 1. The van der Waals surface area contributed by atoms with Crippen LogP contribution in [0.25, 0.3) is 10.1 Å². The van der Waals surface area contributed by atoms with E-state index in [1.54, 1.807) is 11.3 Å². The summed E-state index contributed by atoms with van der Waals surface area (Å²) >= 11 is 1.61. The van der Waals surface area contributed by atoms with Crippen LogP contribution in [-0.4, -0.2) is 36.1 Å². The van der Waals surface area contributed by atoms with E-state index in [0.717, 1.165) is 22.9 Å². The number of esters is 1. The van der Waals surface area contributed by atoms with Crippen molar-refractivity contribution in [3.05, 3.63) is 35.2 Å². The first-order valence-corrected chi connectivity index (χ1v) is 8.49. The predicted octanol–water partition coefficient (Wildman–Crippen LogP) is 3.68. The maximum absolute atomic E-state index is 12.5. The van der Waals surface area contributed by atoms with Gasteiger partial charge in [-0.3, -0.25) is 0 Å². The van der Waals surface area contributed by atoms with Crippen LogP contribution >= 0.6 is 11.3 Å². The lowest BCUT2D eigenvalue weighted by atomic mass is 10.0. The molecule has 4 heteroatoms. The molecule has 2 atom stereocenters. The molecule has 0 spiro atoms. The summed E-state index contributed by atoms with van der Waals surface area (Å²) in [6.45, 7) is 0. The highest BCUT2D eigenvalue weighted by atomic mass is 32.1. The molecule has 0 N–H and O–H groups in total. The molecular formula is C17H19NO2S. The highest BCUT2D eigenvalue weighted by molar-refractivity contribution is 7.17. The SMILES string of the molecule is CN1C2CCC1CC(OC(=O)c1cccc3ccsc13)C2. The van der Waals surface area contributed by atoms with Gasteiger partial charge in [0.2, 0.25) is 0 Å². The first-order valence-electron chi connectivity index (χ1n) is 7.61. The van der Waals surface area contributed by atoms with Gasteiger partial charge in [0.25, 0.3) is 0 Å². The lowest BCUT2D eigenvalue weighted by Gasteiger charge is -2.35. The minimum Gasteiger partial charge on any atom is -0.459 e. The number of nitrogens with zero attached hydrogens (tertiary/aromatic N) is 1. The maximum Gasteiger partial charge on any atom is 0.339 e. The molecule has 1 aromatic carbocycles. The van der Waals surface area contributed by atoms with Gasteiger partial charge in [0.05, 0.1) is 5.56 Å². The van der Waals surface area contributed by atoms with Crippen molar-refractivity contribution in [3.8, 4) is 0 Å². The molecule has 110 valence electrons. The van der Waals surface area contributed by atoms with Crippen molar-refractivity contribution in [1.82, 2.24) is 4.90 Å². The number of rotatable bonds is 2. The monoisotopic (exact) mass is 301 g/mol. The van der Waals surface area contributed by atoms with Crippen LogP contribution in [0.5, 0.6) is 0 Å². The van der Waals surface area contributed by atoms with E-state index in [-0.39, 0.29) is 12.1 Å². The Morgan fingerprint density at radius 3 is 2.76 bits per heavy atom. The number of carbonyl (C=O) groups is 1. The van der Waals surface area contributed by atoms with Gasteiger partial charge in [-0.05, 0) is 42.8 Å². The molecule has 2 aliphatic heterocycles. The van der Waals surface area contributed by atoms with Crippen molar-refractivity contribution >= 4 is 27.4 Å². The minimum absolute atomic E-state index is 0.0846. The molecule has 1 aromatic heterocycles. The zero-order chi connectivity index (χ0) is 14.4. The molecule has 4 rings (SSSR count). The van der Waals surface area contributed by atoms with Crippen LogP contribution in [-0.2, 0) is 4.74 Å². The summed E-state index contributed by atoms with van der Waals surface area (Å²) in [5, 5.41) is 3.15. The number of ether oxygens (including phenoxy) is 1. The Morgan fingerprint density at radius 1 is 1.24 bits per heavy atom. The molecule has 0 aliphatic carbocycles. The van der Waals surface area contributed by atoms with E-state index >= 15 is 0 Å². The summed E-state index contributed by atoms with van der Waals surface area (Å²) in [4.78, 5) is 15.0. The smallest absolute Gasteiger partial charge is 0.339 e. The van der Waals surface area contributed by atoms with Crippen LogP contribution in [0.4, 0.5) is 0 Å². The number of thiophene rings is 1. The summed E-state index contributed by atoms with van der Waals surface area (Å²) in [7, 11) is 2.20. The third-order valence-electron chi connectivity index (χ3n) is 5.03. The Balaban J connectivity index is 1.53. The molecule has 0 saturated carbocycles. The molecule has 2 unspecified atom stereocenters. The van der Waals surface area contributed by atoms with Gasteiger partial charge in [0.1, 0.15) is 6.10 Å². The minimum atomic E-state index is -0.156. The highest BCUT2D eigenvalue weighted by Gasteiger charge is 2.40. The van der Waals surface area contributed by atoms with Crippen LogP contribution in [0.2, 0.25) is 0 Å². The van der Waals surface area contributed by atoms with E-state index in [1.165, 1.54) is 12.8 Å². The largest absolute Gasteiger partial charge is 0.459 e. The average molecular weight is 301 g/mol. The van der Waals surface area contributed by atoms with Crippen molar-refractivity contribution in [1.29, 1.82) is 0 Å². The zero-order valence-corrected chi connectivity index (χ0v) is 12.9. The van der Waals surface area contributed by atoms with Gasteiger partial charge in [0.15, 0.2) is 0 Å². The quantitative estimate of drug-likeness (QED) is 0.792. The van der Waals surface area contributed by atoms with Crippen LogP contribution in [0.3, 0.4) is 0 Å². The number of hydrogen-bond donors (Lipinski definition) is 0. The molecule has 3 nitrogen and oxygen atoms in total. The maximum atomic E-state index is 12.5. The van der Waals surface area contributed by atoms with Gasteiger partial charge < -0.3 is 9.64 Å². The highest BCUT2D eigenvalue weighted by Crippen LogP contribution is 2.36. The van der Waals surface area contributed by atoms with Crippen molar-refractivity contribution < 1.29 is 9.53 Å². The first-order chi connectivity index (χ1) is 10.2. The Kier molecular flexibility index (Phi) is 3.23. The standard InChI is InChI=1S/C17H19NO2S/c1-18-12-5-6-13(18)10-14(9-12)20-17(19)15-4-2-3-11-7-8-21-16(11)15/h2-4,7-8,12-14H,5-6,9-10H2,1H3. The Bertz CT molecular complexity index is 666. The second kappa shape index (κ2) is 5.11. The van der Waals surface area contributed by atoms with E-state index < -0.39 is 0 Å². The fraction of sp³-hybridized carbons (Fsp3) is 0.471. The Hall–Kier alpha value is -1.39. The first kappa shape index (κ1) is 13.3. The predicted molar refractivity (Wildman–Crippen MR) is 84.8 cm³/mol. The van der Waals surface area contributed by atoms with Gasteiger partial charge in [-0.25, -0.2) is 4.79 Å². The lowest BCUT2D eigenvalue weighted by Crippen LogP contribution is -2.43. The normalized spacial score (nSPS) is 28.9. The molecule has 2 bridgehead atoms. The molecule has 2 saturated heterocycles. The number of fused-ring (bicyclic) bond motifs is 3. The topological polar surface area (TPSA) is 29.5 Å². The summed E-state index contributed by atoms with van der Waals surface area (Å²) in [6, 6.07) is 9.10. The molecule has 0 amide bonds. The molecule has 2 fully saturated rings. The lowest BCUT2D eigenvalue weighted by molar-refractivity contribution is -0.000245. The molecule has 0 radical (unpaired) electrons. The summed E-state index contributed by atoms with van der Waals surface area (Å²) in [6.07, 6.45) is 4.55. The van der Waals surface area contributed by atoms with Gasteiger partial charge in [-0.15, -0.1) is 11.3 Å². The van der Waals surface area contributed by atoms with E-state index in [1.807, 2.05) is 29.6 Å². The number of benzene rings is 1. The van der Waals surface area contributed by atoms with Crippen LogP contribution in [0.1, 0.15) is 36.0 Å². The fourth-order valence-electron chi connectivity index (χ4n) is 3.83. The van der Waals surface area contributed by atoms with Crippen molar-refractivity contribution in [2.75, 3.05) is 7.05 Å². The van der Waals surface area contributed by atoms with Gasteiger partial charge >= 0.3 is 5.97 Å². The summed E-state index contributed by atoms with van der Waals surface area (Å²) < 4.78 is 6.87. The van der Waals surface area contributed by atoms with Gasteiger partial charge in [-0.1, -0.05) is 12.1 Å². The van der Waals surface area contributed by atoms with Crippen LogP contribution in [0.15, 0.2) is 29.6 Å². The second-order valence-electron chi connectivity index (χ2n) is 6.19. The van der Waals surface area contributed by atoms with Crippen molar-refractivity contribution in [3.63, 3.8) is 0 Å². The van der Waals surface area contributed by atoms with E-state index in [9.17, 15) is 4.79 Å². The molecule has 21 heavy (non-hydrogen) atoms. The molecule has 3 heterocycles. The van der Waals surface area contributed by atoms with Gasteiger partial charge in [0, 0.05) is 29.6 Å². The summed E-state index contributed by atoms with van der Waals surface area (Å²) in [5.74, 6) is -0.156. The van der Waals surface area contributed by atoms with E-state index in [0.29, 0.717) is 17.6 Å². The molecule has 2 aliphatic rings. The van der Waals surface area contributed by atoms with Crippen molar-refractivity contribution in [2.24, 2.45) is 0 Å². The average Bonchev–Trinajstić information content (AvgIpc) is 3.01. The number of piperidine rings is 1. The fourth-order valence-corrected chi connectivity index (χ4v) is 4.73. The number of hydrogen-bond acceptors (Lipinski definition) is 4. The van der Waals surface area contributed by atoms with Crippen LogP contribution in [0, 0.1) is 0 Å². The zero-order valence-electron chi connectivity index (χ0n) is 12.1. The Labute approximate surface area is 128 Å². The molecule has 2 aromatic rings. The van der Waals surface area contributed by atoms with E-state index in [2.05, 4.69) is 11.9 Å².